The average molecular weight is 671 g/mol. The minimum atomic E-state index is -0.0995. The largest absolute Gasteiger partial charge is 0.306 e. The van der Waals surface area contributed by atoms with Crippen molar-refractivity contribution in [3.05, 3.63) is 105 Å². The molecule has 2 aromatic heterocycles. The maximum absolute atomic E-state index is 14.6. The standard InChI is InChI=1S/C40H38N4O2S2/c1-3-5-7-9-23-43-37(33-21-19-31(47-33)29-15-11-27(25-41)12-16-29)35-36(39(43)45)38(44(40(35)46)24-10-8-6-4-2)34-22-20-32(48-34)30-17-13-28(26-42)14-18-30/h11-22H,3-10,23-24H2,1-2H3. The number of nitriles is 2. The molecule has 6 rings (SSSR count). The molecular formula is C40H38N4O2S2. The first-order chi connectivity index (χ1) is 23.5. The number of rotatable bonds is 14. The number of fused-ring (bicyclic) bond motifs is 1. The Labute approximate surface area is 290 Å². The van der Waals surface area contributed by atoms with Crippen LogP contribution in [0.25, 0.3) is 32.3 Å². The lowest BCUT2D eigenvalue weighted by Gasteiger charge is -2.24. The van der Waals surface area contributed by atoms with E-state index in [4.69, 9.17) is 0 Å². The number of amides is 2. The Hall–Kier alpha value is -4.76. The van der Waals surface area contributed by atoms with Gasteiger partial charge in [0.15, 0.2) is 0 Å². The van der Waals surface area contributed by atoms with Gasteiger partial charge in [0, 0.05) is 22.8 Å². The van der Waals surface area contributed by atoms with Gasteiger partial charge in [0.2, 0.25) is 0 Å². The summed E-state index contributed by atoms with van der Waals surface area (Å²) in [4.78, 5) is 36.7. The van der Waals surface area contributed by atoms with Gasteiger partial charge in [-0.2, -0.15) is 10.5 Å². The molecule has 4 aromatic rings. The summed E-state index contributed by atoms with van der Waals surface area (Å²) in [5.41, 5.74) is 5.68. The van der Waals surface area contributed by atoms with Crippen molar-refractivity contribution in [3.63, 3.8) is 0 Å². The van der Waals surface area contributed by atoms with E-state index in [9.17, 15) is 20.1 Å². The molecule has 4 heterocycles. The van der Waals surface area contributed by atoms with Gasteiger partial charge in [0.25, 0.3) is 11.8 Å². The van der Waals surface area contributed by atoms with Crippen molar-refractivity contribution in [2.24, 2.45) is 0 Å². The highest BCUT2D eigenvalue weighted by Crippen LogP contribution is 2.50. The first kappa shape index (κ1) is 33.2. The van der Waals surface area contributed by atoms with E-state index < -0.39 is 0 Å². The lowest BCUT2D eigenvalue weighted by molar-refractivity contribution is -0.124. The van der Waals surface area contributed by atoms with E-state index in [2.05, 4.69) is 26.0 Å². The van der Waals surface area contributed by atoms with Gasteiger partial charge < -0.3 is 9.80 Å². The number of unbranched alkanes of at least 4 members (excludes halogenated alkanes) is 6. The Morgan fingerprint density at radius 2 is 0.896 bits per heavy atom. The molecule has 2 aromatic carbocycles. The summed E-state index contributed by atoms with van der Waals surface area (Å²) in [6.45, 7) is 5.47. The van der Waals surface area contributed by atoms with E-state index in [0.717, 1.165) is 93.4 Å². The average Bonchev–Trinajstić information content (AvgIpc) is 3.91. The van der Waals surface area contributed by atoms with Crippen LogP contribution < -0.4 is 0 Å². The minimum absolute atomic E-state index is 0.0995. The quantitative estimate of drug-likeness (QED) is 0.125. The Morgan fingerprint density at radius 1 is 0.521 bits per heavy atom. The van der Waals surface area contributed by atoms with Crippen molar-refractivity contribution in [1.82, 2.24) is 9.80 Å². The SMILES string of the molecule is CCCCCCN1C(=O)C2=C(c3ccc(-c4ccc(C#N)cc4)s3)N(CCCCCC)C(=O)C2=C1c1ccc(-c2ccc(C#N)cc2)s1. The van der Waals surface area contributed by atoms with Gasteiger partial charge >= 0.3 is 0 Å². The molecule has 48 heavy (non-hydrogen) atoms. The Balaban J connectivity index is 1.46. The molecule has 2 aliphatic rings. The molecule has 0 atom stereocenters. The van der Waals surface area contributed by atoms with Gasteiger partial charge in [0.05, 0.1) is 55.6 Å². The zero-order valence-electron chi connectivity index (χ0n) is 27.4. The third-order valence-electron chi connectivity index (χ3n) is 8.93. The van der Waals surface area contributed by atoms with Crippen LogP contribution >= 0.6 is 22.7 Å². The van der Waals surface area contributed by atoms with Gasteiger partial charge in [-0.15, -0.1) is 22.7 Å². The number of hydrogen-bond acceptors (Lipinski definition) is 6. The van der Waals surface area contributed by atoms with Crippen LogP contribution in [0.15, 0.2) is 83.9 Å². The predicted octanol–water partition coefficient (Wildman–Crippen LogP) is 9.85. The Bertz CT molecular complexity index is 1820. The number of carbonyl (C=O) groups is 2. The minimum Gasteiger partial charge on any atom is -0.306 e. The zero-order chi connectivity index (χ0) is 33.6. The molecule has 0 aliphatic carbocycles. The summed E-state index contributed by atoms with van der Waals surface area (Å²) < 4.78 is 0. The van der Waals surface area contributed by atoms with Crippen molar-refractivity contribution in [3.8, 4) is 33.0 Å². The molecule has 0 bridgehead atoms. The van der Waals surface area contributed by atoms with E-state index >= 15 is 0 Å². The fourth-order valence-corrected chi connectivity index (χ4v) is 8.53. The van der Waals surface area contributed by atoms with Crippen molar-refractivity contribution >= 4 is 45.9 Å². The number of benzene rings is 2. The molecule has 0 N–H and O–H groups in total. The van der Waals surface area contributed by atoms with E-state index in [1.165, 1.54) is 0 Å². The predicted molar refractivity (Wildman–Crippen MR) is 194 cm³/mol. The third kappa shape index (κ3) is 6.52. The fourth-order valence-electron chi connectivity index (χ4n) is 6.39. The van der Waals surface area contributed by atoms with Crippen molar-refractivity contribution < 1.29 is 9.59 Å². The van der Waals surface area contributed by atoms with Crippen molar-refractivity contribution in [2.45, 2.75) is 65.2 Å². The lowest BCUT2D eigenvalue weighted by Crippen LogP contribution is -2.30. The molecule has 6 nitrogen and oxygen atoms in total. The summed E-state index contributed by atoms with van der Waals surface area (Å²) in [5.74, 6) is -0.199. The highest BCUT2D eigenvalue weighted by Gasteiger charge is 2.49. The molecule has 0 fully saturated rings. The first-order valence-corrected chi connectivity index (χ1v) is 18.5. The fraction of sp³-hybridized carbons (Fsp3) is 0.300. The molecular weight excluding hydrogens is 633 g/mol. The van der Waals surface area contributed by atoms with Crippen LogP contribution in [0.1, 0.15) is 86.1 Å². The second-order valence-electron chi connectivity index (χ2n) is 12.2. The summed E-state index contributed by atoms with van der Waals surface area (Å²) in [6.07, 6.45) is 8.16. The lowest BCUT2D eigenvalue weighted by atomic mass is 10.1. The molecule has 2 aliphatic heterocycles. The molecule has 0 unspecified atom stereocenters. The normalized spacial score (nSPS) is 14.2. The highest BCUT2D eigenvalue weighted by atomic mass is 32.1. The van der Waals surface area contributed by atoms with Crippen LogP contribution in [-0.4, -0.2) is 34.7 Å². The van der Waals surface area contributed by atoms with E-state index in [1.807, 2.05) is 82.6 Å². The van der Waals surface area contributed by atoms with E-state index in [-0.39, 0.29) is 11.8 Å². The van der Waals surface area contributed by atoms with Crippen LogP contribution in [0.2, 0.25) is 0 Å². The summed E-state index contributed by atoms with van der Waals surface area (Å²) in [6, 6.07) is 27.5. The monoisotopic (exact) mass is 670 g/mol. The van der Waals surface area contributed by atoms with Gasteiger partial charge in [-0.1, -0.05) is 76.6 Å². The number of nitrogens with zero attached hydrogens (tertiary/aromatic N) is 4. The molecule has 0 saturated heterocycles. The Kier molecular flexibility index (Phi) is 10.3. The van der Waals surface area contributed by atoms with E-state index in [1.54, 1.807) is 22.7 Å². The molecule has 242 valence electrons. The molecule has 2 amide bonds. The van der Waals surface area contributed by atoms with Crippen molar-refractivity contribution in [1.29, 1.82) is 10.5 Å². The highest BCUT2D eigenvalue weighted by molar-refractivity contribution is 7.17. The second kappa shape index (κ2) is 15.0. The summed E-state index contributed by atoms with van der Waals surface area (Å²) >= 11 is 3.15. The van der Waals surface area contributed by atoms with Gasteiger partial charge in [-0.05, 0) is 72.5 Å². The van der Waals surface area contributed by atoms with Crippen molar-refractivity contribution in [2.75, 3.05) is 13.1 Å². The molecule has 8 heteroatoms. The molecule has 0 radical (unpaired) electrons. The summed E-state index contributed by atoms with van der Waals surface area (Å²) in [5, 5.41) is 18.5. The Morgan fingerprint density at radius 3 is 1.25 bits per heavy atom. The third-order valence-corrected chi connectivity index (χ3v) is 11.2. The number of carbonyl (C=O) groups excluding carboxylic acids is 2. The first-order valence-electron chi connectivity index (χ1n) is 16.8. The van der Waals surface area contributed by atoms with Crippen LogP contribution in [0.4, 0.5) is 0 Å². The van der Waals surface area contributed by atoms with Gasteiger partial charge in [-0.3, -0.25) is 9.59 Å². The smallest absolute Gasteiger partial charge is 0.261 e. The molecule has 0 saturated carbocycles. The topological polar surface area (TPSA) is 88.2 Å². The zero-order valence-corrected chi connectivity index (χ0v) is 29.1. The molecule has 0 spiro atoms. The number of hydrogen-bond donors (Lipinski definition) is 0. The maximum Gasteiger partial charge on any atom is 0.261 e. The van der Waals surface area contributed by atoms with Gasteiger partial charge in [-0.25, -0.2) is 0 Å². The van der Waals surface area contributed by atoms with Crippen LogP contribution in [0.5, 0.6) is 0 Å². The van der Waals surface area contributed by atoms with E-state index in [0.29, 0.717) is 35.4 Å². The summed E-state index contributed by atoms with van der Waals surface area (Å²) in [7, 11) is 0. The van der Waals surface area contributed by atoms with Crippen LogP contribution in [0, 0.1) is 22.7 Å². The maximum atomic E-state index is 14.6. The van der Waals surface area contributed by atoms with Gasteiger partial charge in [0.1, 0.15) is 0 Å². The second-order valence-corrected chi connectivity index (χ2v) is 14.4. The van der Waals surface area contributed by atoms with Crippen LogP contribution in [0.3, 0.4) is 0 Å². The van der Waals surface area contributed by atoms with Crippen LogP contribution in [-0.2, 0) is 9.59 Å². The number of thiophene rings is 2.